The Balaban J connectivity index is 1.82. The van der Waals surface area contributed by atoms with Gasteiger partial charge in [-0.2, -0.15) is 0 Å². The fourth-order valence-corrected chi connectivity index (χ4v) is 2.78. The summed E-state index contributed by atoms with van der Waals surface area (Å²) in [6.07, 6.45) is 1.89. The van der Waals surface area contributed by atoms with Crippen molar-refractivity contribution in [3.8, 4) is 5.75 Å². The van der Waals surface area contributed by atoms with Crippen molar-refractivity contribution in [2.24, 2.45) is 0 Å². The number of benzene rings is 1. The van der Waals surface area contributed by atoms with Gasteiger partial charge >= 0.3 is 0 Å². The van der Waals surface area contributed by atoms with Crippen LogP contribution in [-0.4, -0.2) is 25.0 Å². The fourth-order valence-electron chi connectivity index (χ4n) is 2.47. The molecule has 6 nitrogen and oxygen atoms in total. The van der Waals surface area contributed by atoms with Gasteiger partial charge in [-0.05, 0) is 52.7 Å². The summed E-state index contributed by atoms with van der Waals surface area (Å²) in [6.45, 7) is 2.75. The molecule has 24 heavy (non-hydrogen) atoms. The van der Waals surface area contributed by atoms with Crippen molar-refractivity contribution in [1.82, 2.24) is 0 Å². The first-order valence-electron chi connectivity index (χ1n) is 7.72. The van der Waals surface area contributed by atoms with Crippen LogP contribution in [0.2, 0.25) is 0 Å². The molecule has 2 amide bonds. The van der Waals surface area contributed by atoms with Crippen molar-refractivity contribution >= 4 is 39.1 Å². The zero-order chi connectivity index (χ0) is 17.1. The van der Waals surface area contributed by atoms with E-state index >= 15 is 0 Å². The molecule has 0 spiro atoms. The second kappa shape index (κ2) is 7.09. The van der Waals surface area contributed by atoms with Gasteiger partial charge in [-0.3, -0.25) is 9.59 Å². The van der Waals surface area contributed by atoms with Crippen LogP contribution in [-0.2, 0) is 4.79 Å². The van der Waals surface area contributed by atoms with Crippen molar-refractivity contribution in [2.75, 3.05) is 23.4 Å². The minimum absolute atomic E-state index is 0.0445. The number of nitrogens with one attached hydrogen (secondary N) is 1. The lowest BCUT2D eigenvalue weighted by molar-refractivity contribution is -0.121. The summed E-state index contributed by atoms with van der Waals surface area (Å²) >= 11 is 3.17. The smallest absolute Gasteiger partial charge is 0.291 e. The highest BCUT2D eigenvalue weighted by Crippen LogP contribution is 2.35. The lowest BCUT2D eigenvalue weighted by Crippen LogP contribution is -2.39. The third-order valence-electron chi connectivity index (χ3n) is 3.69. The molecule has 0 saturated heterocycles. The number of fused-ring (bicyclic) bond motifs is 1. The maximum absolute atomic E-state index is 12.2. The van der Waals surface area contributed by atoms with Crippen molar-refractivity contribution in [2.45, 2.75) is 19.8 Å². The maximum atomic E-state index is 12.2. The molecule has 0 atom stereocenters. The zero-order valence-corrected chi connectivity index (χ0v) is 14.8. The summed E-state index contributed by atoms with van der Waals surface area (Å²) in [4.78, 5) is 26.0. The summed E-state index contributed by atoms with van der Waals surface area (Å²) in [6, 6.07) is 8.48. The van der Waals surface area contributed by atoms with E-state index in [1.165, 1.54) is 0 Å². The molecule has 1 aliphatic rings. The van der Waals surface area contributed by atoms with Gasteiger partial charge in [0.05, 0.1) is 5.69 Å². The Kier molecular flexibility index (Phi) is 4.89. The molecule has 1 aromatic carbocycles. The fraction of sp³-hybridized carbons (Fsp3) is 0.294. The SMILES string of the molecule is CCCCN1C(=O)COc2ccc(NC(=O)c3ccc(Br)o3)cc21. The molecule has 0 bridgehead atoms. The van der Waals surface area contributed by atoms with Gasteiger partial charge in [0.2, 0.25) is 0 Å². The number of hydrogen-bond acceptors (Lipinski definition) is 4. The highest BCUT2D eigenvalue weighted by atomic mass is 79.9. The van der Waals surface area contributed by atoms with Crippen LogP contribution >= 0.6 is 15.9 Å². The zero-order valence-electron chi connectivity index (χ0n) is 13.2. The Bertz CT molecular complexity index is 772. The molecule has 0 saturated carbocycles. The van der Waals surface area contributed by atoms with Crippen molar-refractivity contribution in [3.05, 3.63) is 40.8 Å². The topological polar surface area (TPSA) is 71.8 Å². The number of nitrogens with zero attached hydrogens (tertiary/aromatic N) is 1. The minimum Gasteiger partial charge on any atom is -0.482 e. The van der Waals surface area contributed by atoms with Gasteiger partial charge in [-0.25, -0.2) is 0 Å². The Morgan fingerprint density at radius 1 is 1.33 bits per heavy atom. The van der Waals surface area contributed by atoms with Gasteiger partial charge in [-0.15, -0.1) is 0 Å². The van der Waals surface area contributed by atoms with Gasteiger partial charge in [0.15, 0.2) is 17.0 Å². The number of ether oxygens (including phenoxy) is 1. The Hall–Kier alpha value is -2.28. The normalized spacial score (nSPS) is 13.4. The molecule has 0 unspecified atom stereocenters. The number of rotatable bonds is 5. The standard InChI is InChI=1S/C17H17BrN2O4/c1-2-3-8-20-12-9-11(4-5-13(12)23-10-16(20)21)19-17(22)14-6-7-15(18)24-14/h4-7,9H,2-3,8,10H2,1H3,(H,19,22). The molecule has 0 fully saturated rings. The molecule has 7 heteroatoms. The Morgan fingerprint density at radius 2 is 2.17 bits per heavy atom. The van der Waals surface area contributed by atoms with E-state index in [1.54, 1.807) is 35.2 Å². The molecular weight excluding hydrogens is 376 g/mol. The average Bonchev–Trinajstić information content (AvgIpc) is 3.00. The van der Waals surface area contributed by atoms with Crippen LogP contribution in [0.4, 0.5) is 11.4 Å². The number of hydrogen-bond donors (Lipinski definition) is 1. The summed E-state index contributed by atoms with van der Waals surface area (Å²) in [7, 11) is 0. The van der Waals surface area contributed by atoms with Crippen LogP contribution in [0.1, 0.15) is 30.3 Å². The quantitative estimate of drug-likeness (QED) is 0.839. The number of carbonyl (C=O) groups is 2. The van der Waals surface area contributed by atoms with Gasteiger partial charge in [-0.1, -0.05) is 13.3 Å². The van der Waals surface area contributed by atoms with Crippen molar-refractivity contribution < 1.29 is 18.7 Å². The summed E-state index contributed by atoms with van der Waals surface area (Å²) in [5.74, 6) is 0.414. The summed E-state index contributed by atoms with van der Waals surface area (Å²) in [5.41, 5.74) is 1.25. The van der Waals surface area contributed by atoms with E-state index in [0.29, 0.717) is 28.3 Å². The molecule has 1 N–H and O–H groups in total. The third-order valence-corrected chi connectivity index (χ3v) is 4.12. The van der Waals surface area contributed by atoms with E-state index in [9.17, 15) is 9.59 Å². The van der Waals surface area contributed by atoms with Crippen LogP contribution in [0.3, 0.4) is 0 Å². The number of amides is 2. The predicted octanol–water partition coefficient (Wildman–Crippen LogP) is 3.82. The molecule has 0 aliphatic carbocycles. The van der Waals surface area contributed by atoms with Crippen LogP contribution in [0.15, 0.2) is 39.4 Å². The van der Waals surface area contributed by atoms with E-state index in [2.05, 4.69) is 28.2 Å². The van der Waals surface area contributed by atoms with Crippen LogP contribution in [0.5, 0.6) is 5.75 Å². The van der Waals surface area contributed by atoms with Crippen LogP contribution in [0.25, 0.3) is 0 Å². The van der Waals surface area contributed by atoms with Gasteiger partial charge in [0.1, 0.15) is 5.75 Å². The van der Waals surface area contributed by atoms with E-state index in [1.807, 2.05) is 0 Å². The molecule has 2 aromatic rings. The third kappa shape index (κ3) is 3.46. The maximum Gasteiger partial charge on any atom is 0.291 e. The first-order valence-corrected chi connectivity index (χ1v) is 8.51. The summed E-state index contributed by atoms with van der Waals surface area (Å²) < 4.78 is 11.2. The molecular formula is C17H17BrN2O4. The number of carbonyl (C=O) groups excluding carboxylic acids is 2. The van der Waals surface area contributed by atoms with Gasteiger partial charge in [0.25, 0.3) is 11.8 Å². The molecule has 1 aromatic heterocycles. The van der Waals surface area contributed by atoms with Crippen LogP contribution in [0, 0.1) is 0 Å². The largest absolute Gasteiger partial charge is 0.482 e. The lowest BCUT2D eigenvalue weighted by atomic mass is 10.2. The second-order valence-corrected chi connectivity index (χ2v) is 6.21. The van der Waals surface area contributed by atoms with Crippen LogP contribution < -0.4 is 15.0 Å². The molecule has 2 heterocycles. The first kappa shape index (κ1) is 16.6. The van der Waals surface area contributed by atoms with Crippen molar-refractivity contribution in [3.63, 3.8) is 0 Å². The van der Waals surface area contributed by atoms with E-state index in [-0.39, 0.29) is 24.2 Å². The van der Waals surface area contributed by atoms with E-state index in [0.717, 1.165) is 12.8 Å². The number of furan rings is 1. The van der Waals surface area contributed by atoms with Gasteiger partial charge < -0.3 is 19.4 Å². The highest BCUT2D eigenvalue weighted by molar-refractivity contribution is 9.10. The molecule has 0 radical (unpaired) electrons. The van der Waals surface area contributed by atoms with E-state index < -0.39 is 0 Å². The minimum atomic E-state index is -0.358. The summed E-state index contributed by atoms with van der Waals surface area (Å²) in [5, 5.41) is 2.77. The second-order valence-electron chi connectivity index (χ2n) is 5.43. The monoisotopic (exact) mass is 392 g/mol. The molecule has 126 valence electrons. The average molecular weight is 393 g/mol. The lowest BCUT2D eigenvalue weighted by Gasteiger charge is -2.29. The van der Waals surface area contributed by atoms with E-state index in [4.69, 9.17) is 9.15 Å². The first-order chi connectivity index (χ1) is 11.6. The Labute approximate surface area is 147 Å². The molecule has 1 aliphatic heterocycles. The highest BCUT2D eigenvalue weighted by Gasteiger charge is 2.25. The number of anilines is 2. The number of halogens is 1. The van der Waals surface area contributed by atoms with Crippen molar-refractivity contribution in [1.29, 1.82) is 0 Å². The molecule has 3 rings (SSSR count). The Morgan fingerprint density at radius 3 is 2.88 bits per heavy atom. The van der Waals surface area contributed by atoms with Gasteiger partial charge in [0, 0.05) is 12.2 Å². The number of unbranched alkanes of at least 4 members (excludes halogenated alkanes) is 1. The predicted molar refractivity (Wildman–Crippen MR) is 93.6 cm³/mol.